The molecule has 1 aliphatic heterocycles. The van der Waals surface area contributed by atoms with E-state index in [-0.39, 0.29) is 28.2 Å². The zero-order chi connectivity index (χ0) is 14.9. The maximum atomic E-state index is 12.2. The van der Waals surface area contributed by atoms with Gasteiger partial charge in [-0.25, -0.2) is 13.1 Å². The van der Waals surface area contributed by atoms with E-state index in [1.807, 2.05) is 0 Å². The predicted molar refractivity (Wildman–Crippen MR) is 72.5 cm³/mol. The Morgan fingerprint density at radius 3 is 2.70 bits per heavy atom. The molecule has 1 fully saturated rings. The molecular formula is C11H11Cl2NO5S. The van der Waals surface area contributed by atoms with E-state index >= 15 is 0 Å². The van der Waals surface area contributed by atoms with Gasteiger partial charge in [0.1, 0.15) is 4.90 Å². The molecule has 0 aromatic heterocycles. The van der Waals surface area contributed by atoms with Crippen molar-refractivity contribution in [1.82, 2.24) is 4.72 Å². The predicted octanol–water partition coefficient (Wildman–Crippen LogP) is 1.37. The number of halogens is 2. The lowest BCUT2D eigenvalue weighted by atomic mass is 10.1. The summed E-state index contributed by atoms with van der Waals surface area (Å²) in [5.74, 6) is -2.05. The molecule has 2 rings (SSSR count). The van der Waals surface area contributed by atoms with Crippen molar-refractivity contribution >= 4 is 39.2 Å². The summed E-state index contributed by atoms with van der Waals surface area (Å²) in [7, 11) is -3.97. The molecule has 2 unspecified atom stereocenters. The summed E-state index contributed by atoms with van der Waals surface area (Å²) in [6, 6.07) is 3.19. The number of carboxylic acids is 1. The average molecular weight is 340 g/mol. The van der Waals surface area contributed by atoms with Gasteiger partial charge in [-0.2, -0.15) is 0 Å². The summed E-state index contributed by atoms with van der Waals surface area (Å²) in [4.78, 5) is 10.8. The standard InChI is InChI=1S/C11H11Cl2NO5S/c12-6-1-2-8(13)10(3-6)20(17,18)14-9-5-19-4-7(9)11(15)16/h1-3,7,9,14H,4-5H2,(H,15,16). The third kappa shape index (κ3) is 3.24. The van der Waals surface area contributed by atoms with Crippen LogP contribution in [0.5, 0.6) is 0 Å². The highest BCUT2D eigenvalue weighted by Crippen LogP contribution is 2.26. The van der Waals surface area contributed by atoms with Crippen LogP contribution in [0.25, 0.3) is 0 Å². The molecule has 2 N–H and O–H groups in total. The summed E-state index contributed by atoms with van der Waals surface area (Å²) in [5.41, 5.74) is 0. The number of hydrogen-bond donors (Lipinski definition) is 2. The van der Waals surface area contributed by atoms with E-state index in [0.29, 0.717) is 0 Å². The van der Waals surface area contributed by atoms with E-state index in [1.54, 1.807) is 0 Å². The third-order valence-electron chi connectivity index (χ3n) is 2.89. The smallest absolute Gasteiger partial charge is 0.310 e. The van der Waals surface area contributed by atoms with Gasteiger partial charge < -0.3 is 9.84 Å². The molecule has 0 radical (unpaired) electrons. The number of hydrogen-bond acceptors (Lipinski definition) is 4. The fraction of sp³-hybridized carbons (Fsp3) is 0.364. The highest BCUT2D eigenvalue weighted by molar-refractivity contribution is 7.89. The van der Waals surface area contributed by atoms with Crippen LogP contribution in [0.15, 0.2) is 23.1 Å². The van der Waals surface area contributed by atoms with Gasteiger partial charge in [0.05, 0.1) is 30.2 Å². The van der Waals surface area contributed by atoms with Crippen molar-refractivity contribution < 1.29 is 23.1 Å². The van der Waals surface area contributed by atoms with Crippen molar-refractivity contribution in [3.05, 3.63) is 28.2 Å². The SMILES string of the molecule is O=C(O)C1COCC1NS(=O)(=O)c1cc(Cl)ccc1Cl. The number of benzene rings is 1. The second-order valence-electron chi connectivity index (χ2n) is 4.28. The molecule has 1 saturated heterocycles. The van der Waals surface area contributed by atoms with E-state index in [4.69, 9.17) is 33.0 Å². The fourth-order valence-electron chi connectivity index (χ4n) is 1.86. The summed E-state index contributed by atoms with van der Waals surface area (Å²) in [6.45, 7) is -0.0415. The summed E-state index contributed by atoms with van der Waals surface area (Å²) < 4.78 is 31.7. The Morgan fingerprint density at radius 1 is 1.35 bits per heavy atom. The average Bonchev–Trinajstić information content (AvgIpc) is 2.79. The molecule has 20 heavy (non-hydrogen) atoms. The molecule has 1 aliphatic rings. The number of ether oxygens (including phenoxy) is 1. The lowest BCUT2D eigenvalue weighted by Gasteiger charge is -2.16. The Balaban J connectivity index is 2.27. The van der Waals surface area contributed by atoms with Crippen molar-refractivity contribution in [2.75, 3.05) is 13.2 Å². The van der Waals surface area contributed by atoms with Crippen molar-refractivity contribution in [2.24, 2.45) is 5.92 Å². The first-order valence-corrected chi connectivity index (χ1v) is 7.83. The zero-order valence-electron chi connectivity index (χ0n) is 10.0. The third-order valence-corrected chi connectivity index (χ3v) is 5.09. The highest BCUT2D eigenvalue weighted by Gasteiger charge is 2.37. The number of rotatable bonds is 4. The van der Waals surface area contributed by atoms with Crippen LogP contribution in [0.1, 0.15) is 0 Å². The van der Waals surface area contributed by atoms with Gasteiger partial charge in [-0.1, -0.05) is 23.2 Å². The van der Waals surface area contributed by atoms with E-state index in [0.717, 1.165) is 0 Å². The maximum Gasteiger partial charge on any atom is 0.310 e. The first kappa shape index (κ1) is 15.5. The van der Waals surface area contributed by atoms with Crippen LogP contribution in [0.4, 0.5) is 0 Å². The molecule has 1 aromatic rings. The Hall–Kier alpha value is -0.860. The van der Waals surface area contributed by atoms with Gasteiger partial charge in [0.25, 0.3) is 0 Å². The van der Waals surface area contributed by atoms with E-state index in [1.165, 1.54) is 18.2 Å². The van der Waals surface area contributed by atoms with Crippen LogP contribution in [-0.2, 0) is 19.6 Å². The second kappa shape index (κ2) is 5.87. The van der Waals surface area contributed by atoms with E-state index in [9.17, 15) is 13.2 Å². The Bertz CT molecular complexity index is 634. The molecule has 110 valence electrons. The van der Waals surface area contributed by atoms with Crippen LogP contribution in [-0.4, -0.2) is 38.7 Å². The van der Waals surface area contributed by atoms with Crippen molar-refractivity contribution in [2.45, 2.75) is 10.9 Å². The van der Waals surface area contributed by atoms with Crippen molar-refractivity contribution in [3.63, 3.8) is 0 Å². The quantitative estimate of drug-likeness (QED) is 0.864. The minimum Gasteiger partial charge on any atom is -0.481 e. The maximum absolute atomic E-state index is 12.2. The molecule has 0 amide bonds. The Kier molecular flexibility index (Phi) is 4.55. The van der Waals surface area contributed by atoms with Gasteiger partial charge in [0.15, 0.2) is 0 Å². The number of carboxylic acid groups (broad SMARTS) is 1. The van der Waals surface area contributed by atoms with Gasteiger partial charge in [0.2, 0.25) is 10.0 Å². The number of carbonyl (C=O) groups is 1. The second-order valence-corrected chi connectivity index (χ2v) is 6.81. The Labute approximate surface area is 125 Å². The summed E-state index contributed by atoms with van der Waals surface area (Å²) >= 11 is 11.6. The van der Waals surface area contributed by atoms with E-state index in [2.05, 4.69) is 4.72 Å². The first-order valence-electron chi connectivity index (χ1n) is 5.59. The topological polar surface area (TPSA) is 92.7 Å². The minimum atomic E-state index is -3.97. The van der Waals surface area contributed by atoms with Crippen molar-refractivity contribution in [1.29, 1.82) is 0 Å². The normalized spacial score (nSPS) is 22.9. The van der Waals surface area contributed by atoms with Gasteiger partial charge in [-0.05, 0) is 18.2 Å². The number of aliphatic carboxylic acids is 1. The minimum absolute atomic E-state index is 0.00557. The largest absolute Gasteiger partial charge is 0.481 e. The molecule has 0 bridgehead atoms. The number of nitrogens with one attached hydrogen (secondary N) is 1. The lowest BCUT2D eigenvalue weighted by molar-refractivity contribution is -0.142. The Morgan fingerprint density at radius 2 is 2.05 bits per heavy atom. The zero-order valence-corrected chi connectivity index (χ0v) is 12.4. The summed E-state index contributed by atoms with van der Waals surface area (Å²) in [5, 5.41) is 9.21. The molecule has 0 spiro atoms. The van der Waals surface area contributed by atoms with Gasteiger partial charge in [-0.15, -0.1) is 0 Å². The fourth-order valence-corrected chi connectivity index (χ4v) is 3.88. The molecule has 0 saturated carbocycles. The summed E-state index contributed by atoms with van der Waals surface area (Å²) in [6.07, 6.45) is 0. The van der Waals surface area contributed by atoms with Crippen LogP contribution >= 0.6 is 23.2 Å². The molecule has 2 atom stereocenters. The molecule has 1 heterocycles. The van der Waals surface area contributed by atoms with Gasteiger partial charge in [0, 0.05) is 5.02 Å². The van der Waals surface area contributed by atoms with Crippen LogP contribution < -0.4 is 4.72 Å². The first-order chi connectivity index (χ1) is 9.31. The molecule has 0 aliphatic carbocycles. The lowest BCUT2D eigenvalue weighted by Crippen LogP contribution is -2.42. The van der Waals surface area contributed by atoms with Gasteiger partial charge in [-0.3, -0.25) is 4.79 Å². The van der Waals surface area contributed by atoms with E-state index < -0.39 is 28.0 Å². The highest BCUT2D eigenvalue weighted by atomic mass is 35.5. The monoisotopic (exact) mass is 339 g/mol. The molecule has 1 aromatic carbocycles. The van der Waals surface area contributed by atoms with Gasteiger partial charge >= 0.3 is 5.97 Å². The van der Waals surface area contributed by atoms with Crippen LogP contribution in [0.3, 0.4) is 0 Å². The van der Waals surface area contributed by atoms with Crippen LogP contribution in [0, 0.1) is 5.92 Å². The van der Waals surface area contributed by atoms with Crippen molar-refractivity contribution in [3.8, 4) is 0 Å². The van der Waals surface area contributed by atoms with Crippen LogP contribution in [0.2, 0.25) is 10.0 Å². The number of sulfonamides is 1. The molecule has 6 nitrogen and oxygen atoms in total. The molecule has 9 heteroatoms. The molecular weight excluding hydrogens is 329 g/mol.